The molecule has 0 nitrogen and oxygen atoms in total. The molecular formula is C27H45PSi3. The molecule has 0 fully saturated rings. The van der Waals surface area contributed by atoms with Crippen LogP contribution in [0.4, 0.5) is 0 Å². The first-order valence-electron chi connectivity index (χ1n) is 11.2. The van der Waals surface area contributed by atoms with E-state index in [0.717, 1.165) is 54.4 Å². The fourth-order valence-electron chi connectivity index (χ4n) is 5.50. The smallest absolute Gasteiger partial charge is 0.0845 e. The first-order chi connectivity index (χ1) is 14.9. The topological polar surface area (TPSA) is 0 Å². The van der Waals surface area contributed by atoms with Crippen LogP contribution in [0.5, 0.6) is 0 Å². The van der Waals surface area contributed by atoms with Gasteiger partial charge in [-0.15, -0.1) is 65.8 Å². The normalized spacial score (nSPS) is 11.9. The van der Waals surface area contributed by atoms with E-state index in [1.54, 1.807) is 0 Å². The number of rotatable bonds is 21. The van der Waals surface area contributed by atoms with Crippen molar-refractivity contribution in [2.45, 2.75) is 54.4 Å². The van der Waals surface area contributed by atoms with Crippen molar-refractivity contribution < 1.29 is 0 Å². The molecule has 31 heavy (non-hydrogen) atoms. The minimum Gasteiger partial charge on any atom is -0.136 e. The van der Waals surface area contributed by atoms with Gasteiger partial charge < -0.3 is 0 Å². The van der Waals surface area contributed by atoms with Crippen LogP contribution in [0.2, 0.25) is 54.4 Å². The average molecular weight is 485 g/mol. The van der Waals surface area contributed by atoms with Crippen molar-refractivity contribution in [2.24, 2.45) is 0 Å². The van der Waals surface area contributed by atoms with E-state index in [0.29, 0.717) is 0 Å². The highest BCUT2D eigenvalue weighted by atomic mass is 31.8. The van der Waals surface area contributed by atoms with Crippen molar-refractivity contribution in [1.29, 1.82) is 0 Å². The molecule has 0 spiro atoms. The predicted molar refractivity (Wildman–Crippen MR) is 159 cm³/mol. The van der Waals surface area contributed by atoms with Crippen molar-refractivity contribution in [2.75, 3.05) is 0 Å². The summed E-state index contributed by atoms with van der Waals surface area (Å²) in [5.74, 6) is 0. The third-order valence-corrected chi connectivity index (χ3v) is 57.5. The Labute approximate surface area is 197 Å². The van der Waals surface area contributed by atoms with Crippen LogP contribution in [0.15, 0.2) is 114 Å². The molecule has 0 amide bonds. The highest BCUT2D eigenvalue weighted by Gasteiger charge is 2.58. The van der Waals surface area contributed by atoms with Gasteiger partial charge in [-0.05, 0) is 54.4 Å². The predicted octanol–water partition coefficient (Wildman–Crippen LogP) is 9.98. The van der Waals surface area contributed by atoms with E-state index in [9.17, 15) is 0 Å². The van der Waals surface area contributed by atoms with Crippen LogP contribution in [-0.4, -0.2) is 23.2 Å². The summed E-state index contributed by atoms with van der Waals surface area (Å²) in [6, 6.07) is 9.97. The van der Waals surface area contributed by atoms with Gasteiger partial charge in [-0.1, -0.05) is 54.7 Å². The zero-order chi connectivity index (χ0) is 23.8. The molecule has 0 saturated carbocycles. The fraction of sp³-hybridized carbons (Fsp3) is 0.333. The van der Waals surface area contributed by atoms with Crippen molar-refractivity contribution in [3.63, 3.8) is 0 Å². The fourth-order valence-corrected chi connectivity index (χ4v) is 75.9. The van der Waals surface area contributed by atoms with E-state index >= 15 is 0 Å². The highest BCUT2D eigenvalue weighted by Crippen LogP contribution is 2.72. The van der Waals surface area contributed by atoms with E-state index < -0.39 is 23.2 Å². The Bertz CT molecular complexity index is 491. The van der Waals surface area contributed by atoms with Gasteiger partial charge in [0.2, 0.25) is 0 Å². The lowest BCUT2D eigenvalue weighted by Gasteiger charge is -2.57. The van der Waals surface area contributed by atoms with Gasteiger partial charge in [-0.3, -0.25) is 0 Å². The van der Waals surface area contributed by atoms with Gasteiger partial charge in [0.15, 0.2) is 0 Å². The molecule has 0 atom stereocenters. The molecule has 0 saturated heterocycles. The van der Waals surface area contributed by atoms with E-state index in [4.69, 9.17) is 0 Å². The average Bonchev–Trinajstić information content (AvgIpc) is 2.70. The van der Waals surface area contributed by atoms with Crippen LogP contribution in [0, 0.1) is 0 Å². The van der Waals surface area contributed by atoms with Crippen LogP contribution >= 0.6 is 6.57 Å². The Hall–Kier alpha value is -1.26. The minimum absolute atomic E-state index is 0.281. The molecule has 0 aromatic rings. The van der Waals surface area contributed by atoms with Gasteiger partial charge in [0, 0.05) is 0 Å². The Kier molecular flexibility index (Phi) is 14.9. The van der Waals surface area contributed by atoms with Crippen LogP contribution in [0.3, 0.4) is 0 Å². The Balaban J connectivity index is 7.61. The summed E-state index contributed by atoms with van der Waals surface area (Å²) < 4.78 is 0. The Morgan fingerprint density at radius 1 is 0.323 bits per heavy atom. The number of allylic oxidation sites excluding steroid dienone is 9. The molecule has 0 heterocycles. The number of hydrogen-bond acceptors (Lipinski definition) is 0. The van der Waals surface area contributed by atoms with Crippen LogP contribution in [0.1, 0.15) is 0 Å². The van der Waals surface area contributed by atoms with Crippen LogP contribution < -0.4 is 0 Å². The van der Waals surface area contributed by atoms with Crippen molar-refractivity contribution in [3.05, 3.63) is 114 Å². The molecule has 0 radical (unpaired) electrons. The quantitative estimate of drug-likeness (QED) is 0.0863. The third-order valence-electron chi connectivity index (χ3n) is 6.14. The standard InChI is InChI=1S/C27H45PSi3/c1-10-19-29(20-11-2,21-12-3)28(30(22-13-4,23-14-5)24-15-6)31(25-16-7,26-17-8)27-18-9/h10-18H,1-9,19-27H2. The monoisotopic (exact) mass is 484 g/mol. The second-order valence-electron chi connectivity index (χ2n) is 8.44. The van der Waals surface area contributed by atoms with Crippen LogP contribution in [-0.2, 0) is 0 Å². The Morgan fingerprint density at radius 3 is 0.548 bits per heavy atom. The minimum atomic E-state index is -1.87. The summed E-state index contributed by atoms with van der Waals surface area (Å²) in [5.41, 5.74) is 0. The van der Waals surface area contributed by atoms with Gasteiger partial charge in [-0.2, -0.15) is 0 Å². The third kappa shape index (κ3) is 7.39. The van der Waals surface area contributed by atoms with Crippen molar-refractivity contribution in [3.8, 4) is 0 Å². The van der Waals surface area contributed by atoms with E-state index in [1.807, 2.05) is 0 Å². The highest BCUT2D eigenvalue weighted by molar-refractivity contribution is 8.37. The summed E-state index contributed by atoms with van der Waals surface area (Å²) in [6.07, 6.45) is 19.6. The summed E-state index contributed by atoms with van der Waals surface area (Å²) in [7, 11) is -5.62. The molecule has 170 valence electrons. The summed E-state index contributed by atoms with van der Waals surface area (Å²) in [4.78, 5) is 0. The molecule has 0 aromatic carbocycles. The van der Waals surface area contributed by atoms with Crippen molar-refractivity contribution >= 4 is 29.8 Å². The summed E-state index contributed by atoms with van der Waals surface area (Å²) >= 11 is 0. The number of hydrogen-bond donors (Lipinski definition) is 0. The van der Waals surface area contributed by atoms with E-state index in [2.05, 4.69) is 114 Å². The lowest BCUT2D eigenvalue weighted by atomic mass is 10.7. The lowest BCUT2D eigenvalue weighted by molar-refractivity contribution is 1.38. The van der Waals surface area contributed by atoms with Gasteiger partial charge in [0.25, 0.3) is 0 Å². The molecule has 0 rings (SSSR count). The molecule has 4 heteroatoms. The molecule has 0 aliphatic carbocycles. The van der Waals surface area contributed by atoms with Crippen LogP contribution in [0.25, 0.3) is 0 Å². The SMILES string of the molecule is C=CC[Si](CC=C)(CC=C)P([Si](CC=C)(CC=C)CC=C)[Si](CC=C)(CC=C)CC=C. The Morgan fingerprint density at radius 2 is 0.452 bits per heavy atom. The first kappa shape index (κ1) is 29.7. The zero-order valence-electron chi connectivity index (χ0n) is 19.9. The summed E-state index contributed by atoms with van der Waals surface area (Å²) in [6.45, 7) is 37.7. The first-order valence-corrected chi connectivity index (χ1v) is 22.9. The second kappa shape index (κ2) is 15.5. The van der Waals surface area contributed by atoms with E-state index in [-0.39, 0.29) is 6.57 Å². The van der Waals surface area contributed by atoms with Gasteiger partial charge in [-0.25, -0.2) is 0 Å². The molecule has 0 aliphatic rings. The van der Waals surface area contributed by atoms with Gasteiger partial charge >= 0.3 is 0 Å². The lowest BCUT2D eigenvalue weighted by Crippen LogP contribution is -2.54. The summed E-state index contributed by atoms with van der Waals surface area (Å²) in [5, 5.41) is 0. The molecule has 0 aliphatic heterocycles. The van der Waals surface area contributed by atoms with Crippen molar-refractivity contribution in [1.82, 2.24) is 0 Å². The maximum Gasteiger partial charge on any atom is 0.0845 e. The maximum absolute atomic E-state index is 4.22. The van der Waals surface area contributed by atoms with E-state index in [1.165, 1.54) is 0 Å². The van der Waals surface area contributed by atoms with Gasteiger partial charge in [0.05, 0.1) is 23.2 Å². The molecule has 0 N–H and O–H groups in total. The largest absolute Gasteiger partial charge is 0.136 e. The molecular weight excluding hydrogens is 440 g/mol. The molecule has 0 aromatic heterocycles. The maximum atomic E-state index is 4.22. The molecule has 0 bridgehead atoms. The van der Waals surface area contributed by atoms with Gasteiger partial charge in [0.1, 0.15) is 0 Å². The second-order valence-corrected chi connectivity index (χ2v) is 36.7. The molecule has 0 unspecified atom stereocenters. The zero-order valence-corrected chi connectivity index (χ0v) is 23.8.